The number of fused-ring (bicyclic) bond motifs is 1. The van der Waals surface area contributed by atoms with E-state index in [9.17, 15) is 4.79 Å². The molecule has 1 amide bonds. The van der Waals surface area contributed by atoms with Crippen LogP contribution in [0.1, 0.15) is 62.4 Å². The molecule has 1 heterocycles. The van der Waals surface area contributed by atoms with Gasteiger partial charge in [-0.05, 0) is 98.1 Å². The highest BCUT2D eigenvalue weighted by molar-refractivity contribution is 7.80. The molecule has 1 aromatic heterocycles. The van der Waals surface area contributed by atoms with Gasteiger partial charge < -0.3 is 14.5 Å². The van der Waals surface area contributed by atoms with Crippen molar-refractivity contribution in [2.24, 2.45) is 0 Å². The molecule has 4 rings (SSSR count). The number of carbonyl (C=O) groups excluding carboxylic acids is 1. The molecule has 4 aromatic rings. The lowest BCUT2D eigenvalue weighted by Crippen LogP contribution is -2.34. The Balaban J connectivity index is 1.41. The summed E-state index contributed by atoms with van der Waals surface area (Å²) < 4.78 is 11.8. The van der Waals surface area contributed by atoms with E-state index < -0.39 is 0 Å². The Kier molecular flexibility index (Phi) is 8.00. The number of amides is 1. The predicted molar refractivity (Wildman–Crippen MR) is 149 cm³/mol. The molecule has 0 aliphatic heterocycles. The molecule has 0 radical (unpaired) electrons. The minimum Gasteiger partial charge on any atom is -0.491 e. The Bertz CT molecular complexity index is 1360. The number of benzene rings is 3. The monoisotopic (exact) mass is 501 g/mol. The van der Waals surface area contributed by atoms with Crippen molar-refractivity contribution in [3.8, 4) is 17.2 Å². The molecule has 0 aliphatic carbocycles. The first-order chi connectivity index (χ1) is 17.4. The molecule has 3 aromatic carbocycles. The van der Waals surface area contributed by atoms with Crippen LogP contribution in [0.5, 0.6) is 5.75 Å². The van der Waals surface area contributed by atoms with Crippen LogP contribution in [0.15, 0.2) is 71.1 Å². The third-order valence-corrected chi connectivity index (χ3v) is 6.42. The molecular formula is C29H31N3O3S. The molecule has 0 fully saturated rings. The van der Waals surface area contributed by atoms with Crippen molar-refractivity contribution in [3.63, 3.8) is 0 Å². The summed E-state index contributed by atoms with van der Waals surface area (Å²) >= 11 is 5.37. The predicted octanol–water partition coefficient (Wildman–Crippen LogP) is 7.31. The van der Waals surface area contributed by atoms with Gasteiger partial charge in [-0.3, -0.25) is 10.1 Å². The fourth-order valence-electron chi connectivity index (χ4n) is 3.68. The van der Waals surface area contributed by atoms with Gasteiger partial charge in [0.05, 0.1) is 6.10 Å². The number of hydrogen-bond donors (Lipinski definition) is 2. The number of nitrogens with zero attached hydrogens (tertiary/aromatic N) is 1. The van der Waals surface area contributed by atoms with Crippen molar-refractivity contribution in [2.75, 3.05) is 5.32 Å². The normalized spacial score (nSPS) is 12.7. The van der Waals surface area contributed by atoms with Gasteiger partial charge in [-0.1, -0.05) is 32.9 Å². The van der Waals surface area contributed by atoms with Crippen LogP contribution in [-0.4, -0.2) is 22.1 Å². The molecule has 2 atom stereocenters. The molecular weight excluding hydrogens is 470 g/mol. The Morgan fingerprint density at radius 1 is 1.03 bits per heavy atom. The summed E-state index contributed by atoms with van der Waals surface area (Å²) in [5.41, 5.74) is 4.86. The zero-order chi connectivity index (χ0) is 25.7. The standard InChI is InChI=1S/C29H31N3O3S/c1-5-18(3)21-12-15-26-25(17-21)31-28(35-26)22-8-7-9-23(16-22)30-29(36)32-27(33)20-10-13-24(14-11-20)34-19(4)6-2/h7-19H,5-6H2,1-4H3,(H2,30,32,33,36)/t18-,19+/m1/s1. The highest BCUT2D eigenvalue weighted by atomic mass is 32.1. The van der Waals surface area contributed by atoms with Gasteiger partial charge in [0.25, 0.3) is 5.91 Å². The van der Waals surface area contributed by atoms with Crippen molar-refractivity contribution < 1.29 is 13.9 Å². The zero-order valence-corrected chi connectivity index (χ0v) is 21.8. The van der Waals surface area contributed by atoms with E-state index in [0.29, 0.717) is 17.4 Å². The van der Waals surface area contributed by atoms with Crippen LogP contribution in [0.3, 0.4) is 0 Å². The van der Waals surface area contributed by atoms with Gasteiger partial charge >= 0.3 is 0 Å². The number of rotatable bonds is 8. The molecule has 0 saturated carbocycles. The Labute approximate surface area is 217 Å². The second kappa shape index (κ2) is 11.4. The summed E-state index contributed by atoms with van der Waals surface area (Å²) in [5, 5.41) is 5.99. The highest BCUT2D eigenvalue weighted by Crippen LogP contribution is 2.29. The summed E-state index contributed by atoms with van der Waals surface area (Å²) in [6.07, 6.45) is 2.10. The van der Waals surface area contributed by atoms with E-state index in [2.05, 4.69) is 43.5 Å². The van der Waals surface area contributed by atoms with Crippen LogP contribution in [0.4, 0.5) is 5.69 Å². The maximum Gasteiger partial charge on any atom is 0.257 e. The van der Waals surface area contributed by atoms with Gasteiger partial charge in [0, 0.05) is 16.8 Å². The zero-order valence-electron chi connectivity index (χ0n) is 21.0. The second-order valence-electron chi connectivity index (χ2n) is 8.91. The molecule has 7 heteroatoms. The van der Waals surface area contributed by atoms with Crippen LogP contribution in [0.2, 0.25) is 0 Å². The molecule has 0 spiro atoms. The van der Waals surface area contributed by atoms with Gasteiger partial charge in [0.1, 0.15) is 11.3 Å². The first-order valence-electron chi connectivity index (χ1n) is 12.3. The number of ether oxygens (including phenoxy) is 1. The van der Waals surface area contributed by atoms with Crippen LogP contribution >= 0.6 is 12.2 Å². The topological polar surface area (TPSA) is 76.4 Å². The SMILES string of the molecule is CC[C@@H](C)c1ccc2oc(-c3cccc(NC(=S)NC(=O)c4ccc(O[C@@H](C)CC)cc4)c3)nc2c1. The lowest BCUT2D eigenvalue weighted by Gasteiger charge is -2.13. The largest absolute Gasteiger partial charge is 0.491 e. The van der Waals surface area contributed by atoms with Gasteiger partial charge in [-0.25, -0.2) is 4.98 Å². The number of oxazole rings is 1. The first kappa shape index (κ1) is 25.4. The van der Waals surface area contributed by atoms with Crippen molar-refractivity contribution in [1.82, 2.24) is 10.3 Å². The minimum atomic E-state index is -0.296. The summed E-state index contributed by atoms with van der Waals surface area (Å²) in [5.74, 6) is 1.43. The van der Waals surface area contributed by atoms with Crippen LogP contribution in [0.25, 0.3) is 22.6 Å². The van der Waals surface area contributed by atoms with Crippen LogP contribution in [0, 0.1) is 0 Å². The molecule has 36 heavy (non-hydrogen) atoms. The van der Waals surface area contributed by atoms with E-state index in [1.54, 1.807) is 24.3 Å². The summed E-state index contributed by atoms with van der Waals surface area (Å²) in [7, 11) is 0. The maximum absolute atomic E-state index is 12.6. The third kappa shape index (κ3) is 6.10. The smallest absolute Gasteiger partial charge is 0.257 e. The van der Waals surface area contributed by atoms with Crippen molar-refractivity contribution in [2.45, 2.75) is 52.6 Å². The number of hydrogen-bond acceptors (Lipinski definition) is 5. The molecule has 186 valence electrons. The number of aromatic nitrogens is 1. The van der Waals surface area contributed by atoms with Crippen molar-refractivity contribution in [1.29, 1.82) is 0 Å². The Morgan fingerprint density at radius 2 is 1.81 bits per heavy atom. The average Bonchev–Trinajstić information content (AvgIpc) is 3.32. The molecule has 0 saturated heterocycles. The first-order valence-corrected chi connectivity index (χ1v) is 12.7. The van der Waals surface area contributed by atoms with E-state index in [1.165, 1.54) is 5.56 Å². The number of thiocarbonyl (C=S) groups is 1. The van der Waals surface area contributed by atoms with Crippen molar-refractivity contribution >= 4 is 40.0 Å². The minimum absolute atomic E-state index is 0.120. The van der Waals surface area contributed by atoms with Gasteiger partial charge in [-0.15, -0.1) is 0 Å². The van der Waals surface area contributed by atoms with E-state index in [-0.39, 0.29) is 17.1 Å². The fraction of sp³-hybridized carbons (Fsp3) is 0.276. The Morgan fingerprint density at radius 3 is 2.53 bits per heavy atom. The van der Waals surface area contributed by atoms with Gasteiger partial charge in [0.15, 0.2) is 10.7 Å². The van der Waals surface area contributed by atoms with E-state index in [4.69, 9.17) is 26.4 Å². The second-order valence-corrected chi connectivity index (χ2v) is 9.31. The van der Waals surface area contributed by atoms with E-state index in [1.807, 2.05) is 37.3 Å². The van der Waals surface area contributed by atoms with Crippen LogP contribution < -0.4 is 15.4 Å². The lowest BCUT2D eigenvalue weighted by molar-refractivity contribution is 0.0977. The Hall–Kier alpha value is -3.71. The molecule has 0 aliphatic rings. The van der Waals surface area contributed by atoms with Gasteiger partial charge in [-0.2, -0.15) is 0 Å². The van der Waals surface area contributed by atoms with Gasteiger partial charge in [0.2, 0.25) is 5.89 Å². The highest BCUT2D eigenvalue weighted by Gasteiger charge is 2.13. The fourth-order valence-corrected chi connectivity index (χ4v) is 3.89. The van der Waals surface area contributed by atoms with E-state index >= 15 is 0 Å². The molecule has 0 bridgehead atoms. The van der Waals surface area contributed by atoms with E-state index in [0.717, 1.165) is 40.9 Å². The molecule has 6 nitrogen and oxygen atoms in total. The number of nitrogens with one attached hydrogen (secondary N) is 2. The quantitative estimate of drug-likeness (QED) is 0.247. The summed E-state index contributed by atoms with van der Waals surface area (Å²) in [6.45, 7) is 8.45. The van der Waals surface area contributed by atoms with Crippen LogP contribution in [-0.2, 0) is 0 Å². The number of carbonyl (C=O) groups is 1. The summed E-state index contributed by atoms with van der Waals surface area (Å²) in [6, 6.07) is 20.7. The molecule has 2 N–H and O–H groups in total. The maximum atomic E-state index is 12.6. The number of anilines is 1. The third-order valence-electron chi connectivity index (χ3n) is 6.22. The average molecular weight is 502 g/mol. The molecule has 0 unspecified atom stereocenters. The lowest BCUT2D eigenvalue weighted by atomic mass is 9.98. The van der Waals surface area contributed by atoms with Crippen molar-refractivity contribution in [3.05, 3.63) is 77.9 Å². The summed E-state index contributed by atoms with van der Waals surface area (Å²) in [4.78, 5) is 17.3.